The molecule has 1 heterocycles. The molecule has 1 aromatic rings. The summed E-state index contributed by atoms with van der Waals surface area (Å²) in [5.41, 5.74) is 7.67. The predicted molar refractivity (Wildman–Crippen MR) is 65.2 cm³/mol. The SMILES string of the molecule is NC1=CN(SCc2ccccc2)CN=C1. The highest BCUT2D eigenvalue weighted by atomic mass is 32.2. The van der Waals surface area contributed by atoms with Crippen LogP contribution in [-0.2, 0) is 5.75 Å². The lowest BCUT2D eigenvalue weighted by Gasteiger charge is -2.19. The fraction of sp³-hybridized carbons (Fsp3) is 0.182. The Morgan fingerprint density at radius 2 is 2.13 bits per heavy atom. The number of hydrogen-bond donors (Lipinski definition) is 1. The van der Waals surface area contributed by atoms with E-state index in [1.165, 1.54) is 5.56 Å². The van der Waals surface area contributed by atoms with Gasteiger partial charge in [-0.2, -0.15) is 0 Å². The van der Waals surface area contributed by atoms with E-state index in [9.17, 15) is 0 Å². The summed E-state index contributed by atoms with van der Waals surface area (Å²) in [6, 6.07) is 10.4. The topological polar surface area (TPSA) is 41.6 Å². The zero-order valence-electron chi connectivity index (χ0n) is 8.34. The normalized spacial score (nSPS) is 15.2. The maximum absolute atomic E-state index is 5.65. The van der Waals surface area contributed by atoms with E-state index >= 15 is 0 Å². The van der Waals surface area contributed by atoms with Crippen LogP contribution in [0.15, 0.2) is 47.2 Å². The second-order valence-corrected chi connectivity index (χ2v) is 4.27. The Bertz CT molecular complexity index is 373. The van der Waals surface area contributed by atoms with Gasteiger partial charge in [0.25, 0.3) is 0 Å². The molecule has 0 atom stereocenters. The lowest BCUT2D eigenvalue weighted by molar-refractivity contribution is 0.629. The van der Waals surface area contributed by atoms with Crippen molar-refractivity contribution in [1.29, 1.82) is 0 Å². The molecular weight excluding hydrogens is 206 g/mol. The van der Waals surface area contributed by atoms with E-state index in [1.54, 1.807) is 18.2 Å². The number of benzene rings is 1. The van der Waals surface area contributed by atoms with E-state index in [0.29, 0.717) is 12.4 Å². The Hall–Kier alpha value is -1.42. The maximum Gasteiger partial charge on any atom is 0.120 e. The van der Waals surface area contributed by atoms with Gasteiger partial charge in [0.2, 0.25) is 0 Å². The molecule has 0 saturated heterocycles. The van der Waals surface area contributed by atoms with E-state index in [2.05, 4.69) is 29.3 Å². The van der Waals surface area contributed by atoms with Gasteiger partial charge in [-0.1, -0.05) is 30.3 Å². The molecule has 0 saturated carbocycles. The minimum absolute atomic E-state index is 0.679. The first-order valence-electron chi connectivity index (χ1n) is 4.75. The fourth-order valence-electron chi connectivity index (χ4n) is 1.28. The third kappa shape index (κ3) is 3.02. The molecule has 0 amide bonds. The molecule has 2 N–H and O–H groups in total. The molecule has 0 radical (unpaired) electrons. The van der Waals surface area contributed by atoms with Gasteiger partial charge >= 0.3 is 0 Å². The molecule has 0 aromatic heterocycles. The molecule has 0 bridgehead atoms. The monoisotopic (exact) mass is 219 g/mol. The van der Waals surface area contributed by atoms with Crippen molar-refractivity contribution in [3.8, 4) is 0 Å². The van der Waals surface area contributed by atoms with Crippen LogP contribution in [0.1, 0.15) is 5.56 Å². The Balaban J connectivity index is 1.87. The third-order valence-corrected chi connectivity index (χ3v) is 3.01. The number of allylic oxidation sites excluding steroid dienone is 1. The zero-order chi connectivity index (χ0) is 10.5. The van der Waals surface area contributed by atoms with Gasteiger partial charge in [-0.15, -0.1) is 0 Å². The van der Waals surface area contributed by atoms with Crippen molar-refractivity contribution < 1.29 is 0 Å². The second kappa shape index (κ2) is 4.89. The van der Waals surface area contributed by atoms with Gasteiger partial charge in [-0.25, -0.2) is 0 Å². The van der Waals surface area contributed by atoms with Gasteiger partial charge in [0, 0.05) is 18.2 Å². The van der Waals surface area contributed by atoms with Gasteiger partial charge in [0.05, 0.1) is 5.70 Å². The highest BCUT2D eigenvalue weighted by Gasteiger charge is 2.04. The van der Waals surface area contributed by atoms with Crippen molar-refractivity contribution in [1.82, 2.24) is 4.31 Å². The second-order valence-electron chi connectivity index (χ2n) is 3.26. The van der Waals surface area contributed by atoms with Crippen molar-refractivity contribution in [2.24, 2.45) is 10.7 Å². The molecule has 3 nitrogen and oxygen atoms in total. The van der Waals surface area contributed by atoms with Crippen LogP contribution < -0.4 is 5.73 Å². The first-order valence-corrected chi connectivity index (χ1v) is 5.69. The molecule has 1 aromatic carbocycles. The smallest absolute Gasteiger partial charge is 0.120 e. The van der Waals surface area contributed by atoms with Crippen molar-refractivity contribution >= 4 is 18.2 Å². The van der Waals surface area contributed by atoms with Gasteiger partial charge < -0.3 is 10.0 Å². The summed E-state index contributed by atoms with van der Waals surface area (Å²) in [5.74, 6) is 0.945. The summed E-state index contributed by atoms with van der Waals surface area (Å²) in [5, 5.41) is 0. The van der Waals surface area contributed by atoms with Crippen LogP contribution in [0.4, 0.5) is 0 Å². The quantitative estimate of drug-likeness (QED) is 0.790. The summed E-state index contributed by atoms with van der Waals surface area (Å²) in [6.07, 6.45) is 3.61. The average Bonchev–Trinajstić information content (AvgIpc) is 2.28. The number of nitrogens with zero attached hydrogens (tertiary/aromatic N) is 2. The zero-order valence-corrected chi connectivity index (χ0v) is 9.15. The van der Waals surface area contributed by atoms with Crippen LogP contribution in [0.3, 0.4) is 0 Å². The molecule has 0 spiro atoms. The van der Waals surface area contributed by atoms with Crippen LogP contribution in [0.5, 0.6) is 0 Å². The van der Waals surface area contributed by atoms with Crippen molar-refractivity contribution in [2.45, 2.75) is 5.75 Å². The highest BCUT2D eigenvalue weighted by Crippen LogP contribution is 2.18. The van der Waals surface area contributed by atoms with Gasteiger partial charge in [0.1, 0.15) is 6.67 Å². The predicted octanol–water partition coefficient (Wildman–Crippen LogP) is 1.98. The van der Waals surface area contributed by atoms with Crippen LogP contribution >= 0.6 is 11.9 Å². The Morgan fingerprint density at radius 3 is 2.87 bits per heavy atom. The van der Waals surface area contributed by atoms with Crippen LogP contribution in [0, 0.1) is 0 Å². The first-order chi connectivity index (χ1) is 7.34. The maximum atomic E-state index is 5.65. The lowest BCUT2D eigenvalue weighted by atomic mass is 10.2. The van der Waals surface area contributed by atoms with Crippen molar-refractivity contribution in [2.75, 3.05) is 6.67 Å². The number of hydrogen-bond acceptors (Lipinski definition) is 4. The minimum Gasteiger partial charge on any atom is -0.396 e. The summed E-state index contributed by atoms with van der Waals surface area (Å²) < 4.78 is 2.04. The summed E-state index contributed by atoms with van der Waals surface area (Å²) in [4.78, 5) is 4.14. The first kappa shape index (κ1) is 10.1. The number of nitrogens with two attached hydrogens (primary N) is 1. The van der Waals surface area contributed by atoms with E-state index in [-0.39, 0.29) is 0 Å². The largest absolute Gasteiger partial charge is 0.396 e. The summed E-state index contributed by atoms with van der Waals surface area (Å²) in [7, 11) is 0. The summed E-state index contributed by atoms with van der Waals surface area (Å²) in [6.45, 7) is 0.679. The molecule has 4 heteroatoms. The van der Waals surface area contributed by atoms with Crippen LogP contribution in [0.2, 0.25) is 0 Å². The van der Waals surface area contributed by atoms with Crippen molar-refractivity contribution in [3.05, 3.63) is 47.8 Å². The standard InChI is InChI=1S/C11H13N3S/c12-11-6-13-9-14(7-11)15-8-10-4-2-1-3-5-10/h1-7H,8-9,12H2. The van der Waals surface area contributed by atoms with Crippen LogP contribution in [0.25, 0.3) is 0 Å². The molecular formula is C11H13N3S. The lowest BCUT2D eigenvalue weighted by Crippen LogP contribution is -2.17. The van der Waals surface area contributed by atoms with Gasteiger partial charge in [-0.3, -0.25) is 4.99 Å². The van der Waals surface area contributed by atoms with Crippen molar-refractivity contribution in [3.63, 3.8) is 0 Å². The molecule has 0 unspecified atom stereocenters. The highest BCUT2D eigenvalue weighted by molar-refractivity contribution is 7.96. The van der Waals surface area contributed by atoms with E-state index in [0.717, 1.165) is 5.75 Å². The molecule has 15 heavy (non-hydrogen) atoms. The fourth-order valence-corrected chi connectivity index (χ4v) is 2.13. The molecule has 0 aliphatic carbocycles. The Morgan fingerprint density at radius 1 is 1.33 bits per heavy atom. The van der Waals surface area contributed by atoms with E-state index in [1.807, 2.05) is 16.6 Å². The number of aliphatic imine (C=N–C) groups is 1. The third-order valence-electron chi connectivity index (χ3n) is 1.99. The van der Waals surface area contributed by atoms with E-state index in [4.69, 9.17) is 5.73 Å². The number of rotatable bonds is 3. The molecule has 2 rings (SSSR count). The molecule has 78 valence electrons. The molecule has 0 fully saturated rings. The van der Waals surface area contributed by atoms with Gasteiger partial charge in [-0.05, 0) is 17.5 Å². The average molecular weight is 219 g/mol. The van der Waals surface area contributed by atoms with Gasteiger partial charge in [0.15, 0.2) is 0 Å². The summed E-state index contributed by atoms with van der Waals surface area (Å²) >= 11 is 1.72. The Kier molecular flexibility index (Phi) is 3.29. The molecule has 1 aliphatic rings. The minimum atomic E-state index is 0.679. The molecule has 1 aliphatic heterocycles. The Labute approximate surface area is 93.8 Å². The van der Waals surface area contributed by atoms with E-state index < -0.39 is 0 Å². The van der Waals surface area contributed by atoms with Crippen LogP contribution in [-0.4, -0.2) is 17.2 Å².